The number of para-hydroxylation sites is 1. The maximum absolute atomic E-state index is 2.33. The van der Waals surface area contributed by atoms with Gasteiger partial charge in [0.2, 0.25) is 0 Å². The number of fused-ring (bicyclic) bond motifs is 2. The highest BCUT2D eigenvalue weighted by Crippen LogP contribution is 2.38. The van der Waals surface area contributed by atoms with E-state index in [1.54, 1.807) is 0 Å². The summed E-state index contributed by atoms with van der Waals surface area (Å²) in [5.74, 6) is 0. The van der Waals surface area contributed by atoms with E-state index in [1.165, 1.54) is 54.9 Å². The first-order valence-electron chi connectivity index (χ1n) is 15.4. The lowest BCUT2D eigenvalue weighted by atomic mass is 9.97. The first kappa shape index (κ1) is 26.7. The van der Waals surface area contributed by atoms with Crippen molar-refractivity contribution in [3.63, 3.8) is 0 Å². The molecule has 0 aliphatic heterocycles. The van der Waals surface area contributed by atoms with Gasteiger partial charge in [-0.05, 0) is 97.4 Å². The van der Waals surface area contributed by atoms with E-state index in [0.29, 0.717) is 0 Å². The zero-order chi connectivity index (χ0) is 30.0. The third-order valence-electron chi connectivity index (χ3n) is 8.65. The van der Waals surface area contributed by atoms with Crippen molar-refractivity contribution >= 4 is 38.6 Å². The Morgan fingerprint density at radius 3 is 1.58 bits per heavy atom. The molecule has 0 aromatic heterocycles. The minimum absolute atomic E-state index is 1.12. The van der Waals surface area contributed by atoms with Gasteiger partial charge in [-0.2, -0.15) is 0 Å². The molecule has 0 unspecified atom stereocenters. The lowest BCUT2D eigenvalue weighted by Crippen LogP contribution is -2.09. The molecule has 1 heteroatoms. The van der Waals surface area contributed by atoms with E-state index in [4.69, 9.17) is 0 Å². The molecular formula is C44H31N. The van der Waals surface area contributed by atoms with Gasteiger partial charge in [0.25, 0.3) is 0 Å². The molecule has 0 aliphatic rings. The van der Waals surface area contributed by atoms with E-state index < -0.39 is 0 Å². The van der Waals surface area contributed by atoms with Crippen molar-refractivity contribution in [2.75, 3.05) is 4.90 Å². The molecule has 212 valence electrons. The Morgan fingerprint density at radius 1 is 0.267 bits per heavy atom. The van der Waals surface area contributed by atoms with Gasteiger partial charge in [-0.25, -0.2) is 0 Å². The fraction of sp³-hybridized carbons (Fsp3) is 0. The summed E-state index contributed by atoms with van der Waals surface area (Å²) in [6, 6.07) is 67.6. The summed E-state index contributed by atoms with van der Waals surface area (Å²) >= 11 is 0. The SMILES string of the molecule is c1ccc(N(c2ccc(-c3ccc(-c4ccc5ccccc5c4)cc3)cc2)c2cccc(-c3cccc4ccccc34)c2)cc1. The molecule has 1 nitrogen and oxygen atoms in total. The maximum atomic E-state index is 2.33. The van der Waals surface area contributed by atoms with Gasteiger partial charge in [0, 0.05) is 17.1 Å². The largest absolute Gasteiger partial charge is 0.310 e. The lowest BCUT2D eigenvalue weighted by Gasteiger charge is -2.26. The standard InChI is InChI=1S/C44H31N/c1-2-15-40(16-3-1)45(42-17-8-14-39(31-42)44-19-9-13-36-11-6-7-18-43(36)44)41-28-26-34(27-29-41)33-20-22-35(23-21-33)38-25-24-32-10-4-5-12-37(32)30-38/h1-31H. The zero-order valence-electron chi connectivity index (χ0n) is 24.8. The van der Waals surface area contributed by atoms with Gasteiger partial charge in [0.15, 0.2) is 0 Å². The molecule has 8 aromatic rings. The highest BCUT2D eigenvalue weighted by Gasteiger charge is 2.14. The first-order valence-corrected chi connectivity index (χ1v) is 15.4. The number of anilines is 3. The van der Waals surface area contributed by atoms with E-state index in [-0.39, 0.29) is 0 Å². The normalized spacial score (nSPS) is 11.1. The molecule has 0 fully saturated rings. The van der Waals surface area contributed by atoms with Gasteiger partial charge < -0.3 is 4.90 Å². The smallest absolute Gasteiger partial charge is 0.0467 e. The van der Waals surface area contributed by atoms with Crippen LogP contribution in [0.3, 0.4) is 0 Å². The van der Waals surface area contributed by atoms with E-state index in [2.05, 4.69) is 193 Å². The summed E-state index contributed by atoms with van der Waals surface area (Å²) < 4.78 is 0. The predicted molar refractivity (Wildman–Crippen MR) is 192 cm³/mol. The Labute approximate surface area is 264 Å². The molecule has 0 N–H and O–H groups in total. The van der Waals surface area contributed by atoms with E-state index in [1.807, 2.05) is 0 Å². The van der Waals surface area contributed by atoms with Crippen molar-refractivity contribution in [3.05, 3.63) is 188 Å². The highest BCUT2D eigenvalue weighted by atomic mass is 15.1. The van der Waals surface area contributed by atoms with E-state index in [0.717, 1.165) is 17.1 Å². The van der Waals surface area contributed by atoms with Gasteiger partial charge in [-0.3, -0.25) is 0 Å². The van der Waals surface area contributed by atoms with Crippen LogP contribution in [-0.2, 0) is 0 Å². The first-order chi connectivity index (χ1) is 22.3. The molecule has 0 amide bonds. The predicted octanol–water partition coefficient (Wildman–Crippen LogP) is 12.5. The Morgan fingerprint density at radius 2 is 0.800 bits per heavy atom. The number of nitrogens with zero attached hydrogens (tertiary/aromatic N) is 1. The van der Waals surface area contributed by atoms with Gasteiger partial charge in [0.05, 0.1) is 0 Å². The van der Waals surface area contributed by atoms with Crippen molar-refractivity contribution in [2.45, 2.75) is 0 Å². The van der Waals surface area contributed by atoms with Gasteiger partial charge in [-0.1, -0.05) is 146 Å². The van der Waals surface area contributed by atoms with Crippen LogP contribution < -0.4 is 4.90 Å². The van der Waals surface area contributed by atoms with Crippen LogP contribution in [0.1, 0.15) is 0 Å². The Balaban J connectivity index is 1.13. The average Bonchev–Trinajstić information content (AvgIpc) is 3.12. The summed E-state index contributed by atoms with van der Waals surface area (Å²) in [6.07, 6.45) is 0. The second-order valence-corrected chi connectivity index (χ2v) is 11.4. The summed E-state index contributed by atoms with van der Waals surface area (Å²) in [5, 5.41) is 5.05. The van der Waals surface area contributed by atoms with Crippen LogP contribution in [0.15, 0.2) is 188 Å². The molecule has 0 saturated heterocycles. The van der Waals surface area contributed by atoms with Crippen molar-refractivity contribution in [3.8, 4) is 33.4 Å². The molecule has 0 radical (unpaired) electrons. The Bertz CT molecular complexity index is 2240. The minimum atomic E-state index is 1.12. The second-order valence-electron chi connectivity index (χ2n) is 11.4. The third-order valence-corrected chi connectivity index (χ3v) is 8.65. The highest BCUT2D eigenvalue weighted by molar-refractivity contribution is 5.97. The average molecular weight is 574 g/mol. The van der Waals surface area contributed by atoms with Crippen LogP contribution in [0, 0.1) is 0 Å². The Hall–Kier alpha value is -5.92. The molecule has 0 atom stereocenters. The quantitative estimate of drug-likeness (QED) is 0.191. The van der Waals surface area contributed by atoms with Crippen LogP contribution in [-0.4, -0.2) is 0 Å². The molecule has 0 spiro atoms. The summed E-state index contributed by atoms with van der Waals surface area (Å²) in [6.45, 7) is 0. The van der Waals surface area contributed by atoms with Gasteiger partial charge in [0.1, 0.15) is 0 Å². The monoisotopic (exact) mass is 573 g/mol. The molecule has 0 saturated carbocycles. The van der Waals surface area contributed by atoms with E-state index >= 15 is 0 Å². The fourth-order valence-corrected chi connectivity index (χ4v) is 6.34. The van der Waals surface area contributed by atoms with Crippen LogP contribution in [0.2, 0.25) is 0 Å². The molecule has 8 rings (SSSR count). The minimum Gasteiger partial charge on any atom is -0.310 e. The van der Waals surface area contributed by atoms with Crippen molar-refractivity contribution in [2.24, 2.45) is 0 Å². The summed E-state index contributed by atoms with van der Waals surface area (Å²) in [4.78, 5) is 2.33. The molecule has 45 heavy (non-hydrogen) atoms. The molecule has 0 bridgehead atoms. The van der Waals surface area contributed by atoms with Crippen molar-refractivity contribution in [1.82, 2.24) is 0 Å². The van der Waals surface area contributed by atoms with Crippen LogP contribution in [0.25, 0.3) is 54.9 Å². The Kier molecular flexibility index (Phi) is 6.90. The van der Waals surface area contributed by atoms with E-state index in [9.17, 15) is 0 Å². The van der Waals surface area contributed by atoms with Gasteiger partial charge >= 0.3 is 0 Å². The topological polar surface area (TPSA) is 3.24 Å². The fourth-order valence-electron chi connectivity index (χ4n) is 6.34. The van der Waals surface area contributed by atoms with Crippen LogP contribution in [0.5, 0.6) is 0 Å². The number of rotatable bonds is 6. The molecule has 0 aliphatic carbocycles. The van der Waals surface area contributed by atoms with Crippen LogP contribution >= 0.6 is 0 Å². The van der Waals surface area contributed by atoms with Crippen LogP contribution in [0.4, 0.5) is 17.1 Å². The maximum Gasteiger partial charge on any atom is 0.0467 e. The second kappa shape index (κ2) is 11.6. The number of hydrogen-bond donors (Lipinski definition) is 0. The zero-order valence-corrected chi connectivity index (χ0v) is 24.8. The number of hydrogen-bond acceptors (Lipinski definition) is 1. The molecular weight excluding hydrogens is 542 g/mol. The van der Waals surface area contributed by atoms with Crippen molar-refractivity contribution < 1.29 is 0 Å². The van der Waals surface area contributed by atoms with Gasteiger partial charge in [-0.15, -0.1) is 0 Å². The summed E-state index contributed by atoms with van der Waals surface area (Å²) in [7, 11) is 0. The molecule has 8 aromatic carbocycles. The number of benzene rings is 8. The third kappa shape index (κ3) is 5.26. The lowest BCUT2D eigenvalue weighted by molar-refractivity contribution is 1.28. The summed E-state index contributed by atoms with van der Waals surface area (Å²) in [5.41, 5.74) is 10.7. The molecule has 0 heterocycles. The van der Waals surface area contributed by atoms with Crippen molar-refractivity contribution in [1.29, 1.82) is 0 Å².